The third kappa shape index (κ3) is 4.67. The van der Waals surface area contributed by atoms with Crippen LogP contribution in [0.4, 0.5) is 5.69 Å². The van der Waals surface area contributed by atoms with E-state index in [2.05, 4.69) is 5.90 Å². The highest BCUT2D eigenvalue weighted by molar-refractivity contribution is 5.75. The maximum absolute atomic E-state index is 10.2. The van der Waals surface area contributed by atoms with Crippen LogP contribution in [0.1, 0.15) is 0 Å². The number of benzene rings is 1. The number of hydrazine groups is 2. The Kier molecular flexibility index (Phi) is 8.94. The van der Waals surface area contributed by atoms with E-state index in [1.54, 1.807) is 6.07 Å². The molecular weight excluding hydrogens is 235 g/mol. The molecule has 16 heavy (non-hydrogen) atoms. The van der Waals surface area contributed by atoms with Gasteiger partial charge in [-0.2, -0.15) is 0 Å². The molecule has 1 aromatic rings. The summed E-state index contributed by atoms with van der Waals surface area (Å²) in [6.45, 7) is 0. The molecule has 0 heterocycles. The Labute approximate surface area is 100 Å². The van der Waals surface area contributed by atoms with Crippen molar-refractivity contribution >= 4 is 23.0 Å². The predicted octanol–water partition coefficient (Wildman–Crippen LogP) is -0.170. The molecule has 0 aliphatic rings. The second-order valence-corrected chi connectivity index (χ2v) is 2.10. The largest absolute Gasteiger partial charge is 0.320 e. The summed E-state index contributed by atoms with van der Waals surface area (Å²) in [4.78, 5) is 20.5. The third-order valence-electron chi connectivity index (χ3n) is 1.30. The number of hydrogen-bond donors (Lipinski definition) is 2. The van der Waals surface area contributed by atoms with Crippen LogP contribution in [0.3, 0.4) is 0 Å². The fourth-order valence-electron chi connectivity index (χ4n) is 0.810. The number of nitrogens with zero attached hydrogens (tertiary/aromatic N) is 3. The zero-order valence-corrected chi connectivity index (χ0v) is 9.12. The van der Waals surface area contributed by atoms with Gasteiger partial charge in [0.1, 0.15) is 0 Å². The fourth-order valence-corrected chi connectivity index (χ4v) is 0.810. The molecule has 0 saturated heterocycles. The Balaban J connectivity index is 0. The summed E-state index contributed by atoms with van der Waals surface area (Å²) < 4.78 is 0. The van der Waals surface area contributed by atoms with Gasteiger partial charge in [0, 0.05) is 17.4 Å². The van der Waals surface area contributed by atoms with Crippen molar-refractivity contribution < 1.29 is 15.3 Å². The normalized spacial score (nSPS) is 7.88. The molecule has 1 aromatic carbocycles. The van der Waals surface area contributed by atoms with Gasteiger partial charge in [-0.3, -0.25) is 0 Å². The quantitative estimate of drug-likeness (QED) is 0.427. The van der Waals surface area contributed by atoms with E-state index in [1.165, 1.54) is 24.3 Å². The van der Waals surface area contributed by atoms with E-state index in [0.717, 1.165) is 0 Å². The standard InChI is InChI=1S/C6H5N3O4.Al.H3NO/c10-8(11)7(9(12)13)6-4-2-1-3-5-6;;1-2/h1-5H;;2H,1H2. The molecule has 0 bridgehead atoms. The minimum atomic E-state index is -1.09. The zero-order valence-electron chi connectivity index (χ0n) is 7.96. The van der Waals surface area contributed by atoms with E-state index in [9.17, 15) is 20.2 Å². The zero-order chi connectivity index (χ0) is 11.8. The molecular formula is C6H8AlN4O5. The summed E-state index contributed by atoms with van der Waals surface area (Å²) in [5.74, 6) is 3.50. The van der Waals surface area contributed by atoms with Crippen molar-refractivity contribution in [2.45, 2.75) is 0 Å². The molecule has 0 aliphatic carbocycles. The molecule has 0 amide bonds. The van der Waals surface area contributed by atoms with Crippen LogP contribution in [0, 0.1) is 20.2 Å². The van der Waals surface area contributed by atoms with Gasteiger partial charge in [-0.15, -0.1) is 0 Å². The van der Waals surface area contributed by atoms with Gasteiger partial charge in [-0.05, 0) is 12.1 Å². The number of hydrogen-bond acceptors (Lipinski definition) is 6. The van der Waals surface area contributed by atoms with Crippen LogP contribution >= 0.6 is 0 Å². The Morgan fingerprint density at radius 3 is 1.75 bits per heavy atom. The first kappa shape index (κ1) is 16.7. The van der Waals surface area contributed by atoms with E-state index >= 15 is 0 Å². The first-order valence-corrected chi connectivity index (χ1v) is 3.52. The van der Waals surface area contributed by atoms with Gasteiger partial charge in [0.05, 0.1) is 0 Å². The van der Waals surface area contributed by atoms with Crippen molar-refractivity contribution in [1.29, 1.82) is 0 Å². The fraction of sp³-hybridized carbons (Fsp3) is 0. The minimum absolute atomic E-state index is 0. The lowest BCUT2D eigenvalue weighted by atomic mass is 10.3. The van der Waals surface area contributed by atoms with Crippen molar-refractivity contribution in [3.63, 3.8) is 0 Å². The molecule has 85 valence electrons. The van der Waals surface area contributed by atoms with Gasteiger partial charge in [0.2, 0.25) is 10.1 Å². The number of rotatable bonds is 3. The Hall–Kier alpha value is -1.73. The monoisotopic (exact) mass is 243 g/mol. The van der Waals surface area contributed by atoms with Crippen molar-refractivity contribution in [2.75, 3.05) is 5.12 Å². The first-order chi connectivity index (χ1) is 7.13. The average molecular weight is 243 g/mol. The summed E-state index contributed by atoms with van der Waals surface area (Å²) in [7, 11) is 0. The van der Waals surface area contributed by atoms with Gasteiger partial charge < -0.3 is 5.21 Å². The summed E-state index contributed by atoms with van der Waals surface area (Å²) >= 11 is 0. The molecule has 10 heteroatoms. The topological polar surface area (TPSA) is 136 Å². The molecule has 3 N–H and O–H groups in total. The van der Waals surface area contributed by atoms with Crippen molar-refractivity contribution in [1.82, 2.24) is 0 Å². The lowest BCUT2D eigenvalue weighted by Crippen LogP contribution is -2.35. The van der Waals surface area contributed by atoms with Gasteiger partial charge in [0.15, 0.2) is 10.8 Å². The number of para-hydroxylation sites is 1. The molecule has 0 fully saturated rings. The molecule has 9 nitrogen and oxygen atoms in total. The van der Waals surface area contributed by atoms with Gasteiger partial charge in [-0.25, -0.2) is 26.1 Å². The highest BCUT2D eigenvalue weighted by Crippen LogP contribution is 2.12. The van der Waals surface area contributed by atoms with Crippen LogP contribution in [0.2, 0.25) is 0 Å². The number of nitro groups is 2. The van der Waals surface area contributed by atoms with Crippen LogP contribution in [0.5, 0.6) is 0 Å². The predicted molar refractivity (Wildman–Crippen MR) is 54.6 cm³/mol. The van der Waals surface area contributed by atoms with E-state index < -0.39 is 10.1 Å². The van der Waals surface area contributed by atoms with Crippen LogP contribution in [-0.4, -0.2) is 32.6 Å². The number of anilines is 1. The highest BCUT2D eigenvalue weighted by atomic mass is 27.0. The minimum Gasteiger partial charge on any atom is -0.320 e. The van der Waals surface area contributed by atoms with Gasteiger partial charge in [-0.1, -0.05) is 18.2 Å². The highest BCUT2D eigenvalue weighted by Gasteiger charge is 2.29. The Morgan fingerprint density at radius 2 is 1.44 bits per heavy atom. The van der Waals surface area contributed by atoms with Crippen LogP contribution in [-0.2, 0) is 0 Å². The maximum atomic E-state index is 10.2. The lowest BCUT2D eigenvalue weighted by molar-refractivity contribution is -0.711. The molecule has 1 rings (SSSR count). The molecule has 3 radical (unpaired) electrons. The summed E-state index contributed by atoms with van der Waals surface area (Å²) in [5.41, 5.74) is -0.0856. The third-order valence-corrected chi connectivity index (χ3v) is 1.30. The van der Waals surface area contributed by atoms with E-state index in [1.807, 2.05) is 0 Å². The molecule has 0 aliphatic heterocycles. The van der Waals surface area contributed by atoms with E-state index in [0.29, 0.717) is 0 Å². The smallest absolute Gasteiger partial charge is 0.228 e. The SMILES string of the molecule is NO.O=[N+]([O-])N(c1ccccc1)[N+](=O)[O-].[Al]. The van der Waals surface area contributed by atoms with Gasteiger partial charge in [0.25, 0.3) is 0 Å². The number of nitrogens with two attached hydrogens (primary N) is 1. The second kappa shape index (κ2) is 8.57. The lowest BCUT2D eigenvalue weighted by Gasteiger charge is -2.01. The maximum Gasteiger partial charge on any atom is 0.228 e. The first-order valence-electron chi connectivity index (χ1n) is 3.52. The van der Waals surface area contributed by atoms with E-state index in [4.69, 9.17) is 5.21 Å². The molecule has 0 spiro atoms. The summed E-state index contributed by atoms with van der Waals surface area (Å²) in [5, 5.41) is 24.6. The Morgan fingerprint density at radius 1 is 1.06 bits per heavy atom. The van der Waals surface area contributed by atoms with Gasteiger partial charge >= 0.3 is 0 Å². The molecule has 0 aromatic heterocycles. The van der Waals surface area contributed by atoms with Crippen LogP contribution < -0.4 is 11.0 Å². The Bertz CT molecular complexity index is 321. The molecule has 0 saturated carbocycles. The van der Waals surface area contributed by atoms with Crippen molar-refractivity contribution in [3.8, 4) is 0 Å². The van der Waals surface area contributed by atoms with Crippen LogP contribution in [0.25, 0.3) is 0 Å². The average Bonchev–Trinajstić information content (AvgIpc) is 2.21. The summed E-state index contributed by atoms with van der Waals surface area (Å²) in [6.07, 6.45) is 0. The van der Waals surface area contributed by atoms with E-state index in [-0.39, 0.29) is 28.2 Å². The second-order valence-electron chi connectivity index (χ2n) is 2.10. The molecule has 0 atom stereocenters. The van der Waals surface area contributed by atoms with Crippen molar-refractivity contribution in [2.24, 2.45) is 5.90 Å². The van der Waals surface area contributed by atoms with Crippen LogP contribution in [0.15, 0.2) is 30.3 Å². The molecule has 0 unspecified atom stereocenters. The summed E-state index contributed by atoms with van der Waals surface area (Å²) in [6, 6.07) is 7.14. The van der Waals surface area contributed by atoms with Crippen molar-refractivity contribution in [3.05, 3.63) is 50.6 Å².